The highest BCUT2D eigenvalue weighted by Gasteiger charge is 2.12. The first-order valence-electron chi connectivity index (χ1n) is 4.41. The van der Waals surface area contributed by atoms with Gasteiger partial charge < -0.3 is 16.6 Å². The second-order valence-corrected chi connectivity index (χ2v) is 3.16. The van der Waals surface area contributed by atoms with Crippen LogP contribution < -0.4 is 11.5 Å². The Morgan fingerprint density at radius 3 is 2.29 bits per heavy atom. The number of aliphatic hydroxyl groups is 1. The van der Waals surface area contributed by atoms with Gasteiger partial charge in [-0.2, -0.15) is 0 Å². The third kappa shape index (κ3) is 4.07. The summed E-state index contributed by atoms with van der Waals surface area (Å²) in [4.78, 5) is 0. The van der Waals surface area contributed by atoms with Gasteiger partial charge in [0.05, 0.1) is 6.10 Å². The molecule has 14 heavy (non-hydrogen) atoms. The van der Waals surface area contributed by atoms with E-state index in [4.69, 9.17) is 11.5 Å². The lowest BCUT2D eigenvalue weighted by Crippen LogP contribution is -2.41. The molecule has 0 heterocycles. The van der Waals surface area contributed by atoms with E-state index < -0.39 is 6.10 Å². The van der Waals surface area contributed by atoms with Gasteiger partial charge in [-0.1, -0.05) is 30.3 Å². The molecular weight excluding hydrogens is 200 g/mol. The summed E-state index contributed by atoms with van der Waals surface area (Å²) in [5.41, 5.74) is 12.2. The maximum absolute atomic E-state index is 9.34. The number of nitrogens with two attached hydrogens (primary N) is 2. The molecule has 5 N–H and O–H groups in total. The van der Waals surface area contributed by atoms with Crippen molar-refractivity contribution >= 4 is 12.4 Å². The van der Waals surface area contributed by atoms with Gasteiger partial charge in [-0.3, -0.25) is 0 Å². The van der Waals surface area contributed by atoms with Crippen LogP contribution in [0.4, 0.5) is 0 Å². The van der Waals surface area contributed by atoms with Crippen LogP contribution in [0.3, 0.4) is 0 Å². The zero-order valence-electron chi connectivity index (χ0n) is 7.97. The highest BCUT2D eigenvalue weighted by molar-refractivity contribution is 5.85. The van der Waals surface area contributed by atoms with Crippen molar-refractivity contribution in [2.24, 2.45) is 11.5 Å². The third-order valence-electron chi connectivity index (χ3n) is 2.05. The van der Waals surface area contributed by atoms with Gasteiger partial charge in [0.25, 0.3) is 0 Å². The number of benzene rings is 1. The minimum absolute atomic E-state index is 0. The van der Waals surface area contributed by atoms with Crippen molar-refractivity contribution in [3.63, 3.8) is 0 Å². The first-order valence-corrected chi connectivity index (χ1v) is 4.41. The molecule has 0 aliphatic rings. The number of aliphatic hydroxyl groups excluding tert-OH is 1. The second-order valence-electron chi connectivity index (χ2n) is 3.16. The molecule has 0 amide bonds. The zero-order valence-corrected chi connectivity index (χ0v) is 8.78. The monoisotopic (exact) mass is 216 g/mol. The van der Waals surface area contributed by atoms with Crippen molar-refractivity contribution in [3.05, 3.63) is 35.9 Å². The molecule has 0 spiro atoms. The molecular formula is C10H17ClN2O. The molecule has 1 aromatic rings. The van der Waals surface area contributed by atoms with Gasteiger partial charge in [0.15, 0.2) is 0 Å². The van der Waals surface area contributed by atoms with Crippen LogP contribution in [-0.2, 0) is 6.42 Å². The van der Waals surface area contributed by atoms with E-state index in [0.717, 1.165) is 5.56 Å². The van der Waals surface area contributed by atoms with Gasteiger partial charge in [0, 0.05) is 12.6 Å². The zero-order chi connectivity index (χ0) is 9.68. The Hall–Kier alpha value is -0.610. The normalized spacial score (nSPS) is 14.2. The van der Waals surface area contributed by atoms with Gasteiger partial charge >= 0.3 is 0 Å². The minimum Gasteiger partial charge on any atom is -0.390 e. The SMILES string of the molecule is Cl.NCC(O)C(N)Cc1ccccc1. The van der Waals surface area contributed by atoms with Crippen LogP contribution in [0.1, 0.15) is 5.56 Å². The van der Waals surface area contributed by atoms with Crippen LogP contribution in [0, 0.1) is 0 Å². The van der Waals surface area contributed by atoms with E-state index in [-0.39, 0.29) is 25.0 Å². The van der Waals surface area contributed by atoms with Crippen LogP contribution in [0.2, 0.25) is 0 Å². The first kappa shape index (κ1) is 13.4. The molecule has 0 saturated carbocycles. The molecule has 2 unspecified atom stereocenters. The molecule has 80 valence electrons. The van der Waals surface area contributed by atoms with E-state index in [2.05, 4.69) is 0 Å². The standard InChI is InChI=1S/C10H16N2O.ClH/c11-7-10(13)9(12)6-8-4-2-1-3-5-8;/h1-5,9-10,13H,6-7,11-12H2;1H. The molecule has 0 aliphatic heterocycles. The van der Waals surface area contributed by atoms with Crippen LogP contribution in [0.15, 0.2) is 30.3 Å². The highest BCUT2D eigenvalue weighted by Crippen LogP contribution is 2.03. The smallest absolute Gasteiger partial charge is 0.0816 e. The minimum atomic E-state index is -0.611. The van der Waals surface area contributed by atoms with Crippen LogP contribution in [-0.4, -0.2) is 23.8 Å². The van der Waals surface area contributed by atoms with Crippen molar-refractivity contribution < 1.29 is 5.11 Å². The molecule has 1 rings (SSSR count). The number of halogens is 1. The topological polar surface area (TPSA) is 72.3 Å². The fourth-order valence-electron chi connectivity index (χ4n) is 1.20. The number of hydrogen-bond donors (Lipinski definition) is 3. The summed E-state index contributed by atoms with van der Waals surface area (Å²) in [5.74, 6) is 0. The molecule has 0 fully saturated rings. The molecule has 0 saturated heterocycles. The lowest BCUT2D eigenvalue weighted by Gasteiger charge is -2.16. The van der Waals surface area contributed by atoms with E-state index >= 15 is 0 Å². The lowest BCUT2D eigenvalue weighted by molar-refractivity contribution is 0.152. The Kier molecular flexibility index (Phi) is 6.49. The summed E-state index contributed by atoms with van der Waals surface area (Å²) in [6, 6.07) is 9.57. The van der Waals surface area contributed by atoms with E-state index in [1.165, 1.54) is 0 Å². The summed E-state index contributed by atoms with van der Waals surface area (Å²) in [7, 11) is 0. The largest absolute Gasteiger partial charge is 0.390 e. The second kappa shape index (κ2) is 6.79. The molecule has 1 aromatic carbocycles. The molecule has 4 heteroatoms. The summed E-state index contributed by atoms with van der Waals surface area (Å²) < 4.78 is 0. The van der Waals surface area contributed by atoms with E-state index in [0.29, 0.717) is 6.42 Å². The Bertz CT molecular complexity index is 243. The van der Waals surface area contributed by atoms with E-state index in [9.17, 15) is 5.11 Å². The molecule has 2 atom stereocenters. The quantitative estimate of drug-likeness (QED) is 0.678. The molecule has 0 aliphatic carbocycles. The summed E-state index contributed by atoms with van der Waals surface area (Å²) in [5, 5.41) is 9.34. The highest BCUT2D eigenvalue weighted by atomic mass is 35.5. The van der Waals surface area contributed by atoms with Crippen LogP contribution >= 0.6 is 12.4 Å². The van der Waals surface area contributed by atoms with Crippen LogP contribution in [0.5, 0.6) is 0 Å². The summed E-state index contributed by atoms with van der Waals surface area (Å²) in [6.07, 6.45) is 0.0550. The van der Waals surface area contributed by atoms with Gasteiger partial charge in [0.2, 0.25) is 0 Å². The van der Waals surface area contributed by atoms with Gasteiger partial charge in [-0.25, -0.2) is 0 Å². The average Bonchev–Trinajstić information content (AvgIpc) is 2.18. The first-order chi connectivity index (χ1) is 6.24. The molecule has 0 radical (unpaired) electrons. The fraction of sp³-hybridized carbons (Fsp3) is 0.400. The maximum atomic E-state index is 9.34. The molecule has 3 nitrogen and oxygen atoms in total. The lowest BCUT2D eigenvalue weighted by atomic mass is 10.0. The Morgan fingerprint density at radius 1 is 1.21 bits per heavy atom. The van der Waals surface area contributed by atoms with Crippen molar-refractivity contribution in [1.82, 2.24) is 0 Å². The number of rotatable bonds is 4. The Balaban J connectivity index is 0.00000169. The average molecular weight is 217 g/mol. The predicted molar refractivity (Wildman–Crippen MR) is 60.4 cm³/mol. The Labute approximate surface area is 90.5 Å². The predicted octanol–water partition coefficient (Wildman–Crippen LogP) is 0.298. The summed E-state index contributed by atoms with van der Waals surface area (Å²) >= 11 is 0. The third-order valence-corrected chi connectivity index (χ3v) is 2.05. The number of hydrogen-bond acceptors (Lipinski definition) is 3. The van der Waals surface area contributed by atoms with Crippen molar-refractivity contribution in [2.75, 3.05) is 6.54 Å². The van der Waals surface area contributed by atoms with Crippen molar-refractivity contribution in [1.29, 1.82) is 0 Å². The Morgan fingerprint density at radius 2 is 1.79 bits per heavy atom. The summed E-state index contributed by atoms with van der Waals surface area (Å²) in [6.45, 7) is 0.216. The fourth-order valence-corrected chi connectivity index (χ4v) is 1.20. The molecule has 0 aromatic heterocycles. The van der Waals surface area contributed by atoms with Crippen molar-refractivity contribution in [3.8, 4) is 0 Å². The van der Waals surface area contributed by atoms with Crippen molar-refractivity contribution in [2.45, 2.75) is 18.6 Å². The maximum Gasteiger partial charge on any atom is 0.0816 e. The van der Waals surface area contributed by atoms with Gasteiger partial charge in [-0.15, -0.1) is 12.4 Å². The van der Waals surface area contributed by atoms with E-state index in [1.807, 2.05) is 30.3 Å². The van der Waals surface area contributed by atoms with Gasteiger partial charge in [-0.05, 0) is 12.0 Å². The molecule has 0 bridgehead atoms. The van der Waals surface area contributed by atoms with E-state index in [1.54, 1.807) is 0 Å². The van der Waals surface area contributed by atoms with Gasteiger partial charge in [0.1, 0.15) is 0 Å². The van der Waals surface area contributed by atoms with Crippen LogP contribution in [0.25, 0.3) is 0 Å².